The van der Waals surface area contributed by atoms with Gasteiger partial charge in [0.2, 0.25) is 0 Å². The monoisotopic (exact) mass is 418 g/mol. The highest BCUT2D eigenvalue weighted by Crippen LogP contribution is 2.45. The Labute approximate surface area is 184 Å². The summed E-state index contributed by atoms with van der Waals surface area (Å²) in [6, 6.07) is 9.24. The number of rotatable bonds is 10. The maximum atomic E-state index is 14.4. The number of hydrogen-bond acceptors (Lipinski definition) is 0. The second-order valence-electron chi connectivity index (χ2n) is 10.5. The van der Waals surface area contributed by atoms with Crippen molar-refractivity contribution in [2.75, 3.05) is 0 Å². The van der Waals surface area contributed by atoms with Gasteiger partial charge in [-0.1, -0.05) is 83.1 Å². The molecule has 0 radical (unpaired) electrons. The van der Waals surface area contributed by atoms with E-state index in [0.717, 1.165) is 37.5 Å². The Morgan fingerprint density at radius 1 is 0.667 bits per heavy atom. The summed E-state index contributed by atoms with van der Waals surface area (Å²) >= 11 is 0. The molecular weight excluding hydrogens is 374 g/mol. The molecule has 0 aliphatic heterocycles. The summed E-state index contributed by atoms with van der Waals surface area (Å²) in [5, 5.41) is 0. The van der Waals surface area contributed by atoms with Gasteiger partial charge in [-0.15, -0.1) is 0 Å². The van der Waals surface area contributed by atoms with Crippen LogP contribution in [0.2, 0.25) is 0 Å². The van der Waals surface area contributed by atoms with Crippen LogP contribution in [0.15, 0.2) is 24.3 Å². The van der Waals surface area contributed by atoms with Crippen molar-refractivity contribution in [2.24, 2.45) is 23.7 Å². The van der Waals surface area contributed by atoms with Crippen molar-refractivity contribution in [3.8, 4) is 0 Å². The van der Waals surface area contributed by atoms with E-state index in [2.05, 4.69) is 31.2 Å². The minimum absolute atomic E-state index is 0.157. The second-order valence-corrected chi connectivity index (χ2v) is 10.5. The summed E-state index contributed by atoms with van der Waals surface area (Å²) in [6.45, 7) is 4.26. The standard InChI is InChI=1S/C28H44F2/c1-3-5-22-7-9-23(10-8-22)11-12-24-13-15-25(16-14-24)17-18-26-19-20-27(6-4-2)28(29,30)21-26/h7-10,24-27H,3-6,11-21H2,1-2H3. The van der Waals surface area contributed by atoms with Gasteiger partial charge in [0.1, 0.15) is 0 Å². The Kier molecular flexibility index (Phi) is 9.20. The first kappa shape index (κ1) is 23.7. The lowest BCUT2D eigenvalue weighted by molar-refractivity contribution is -0.106. The SMILES string of the molecule is CCCc1ccc(CCC2CCC(CCC3CCC(CCC)C(F)(F)C3)CC2)cc1. The van der Waals surface area contributed by atoms with Crippen LogP contribution in [0.3, 0.4) is 0 Å². The number of hydrogen-bond donors (Lipinski definition) is 0. The Hall–Kier alpha value is -0.920. The summed E-state index contributed by atoms with van der Waals surface area (Å²) < 4.78 is 28.8. The van der Waals surface area contributed by atoms with Gasteiger partial charge in [0.15, 0.2) is 0 Å². The molecule has 0 nitrogen and oxygen atoms in total. The molecule has 2 heteroatoms. The normalized spacial score (nSPS) is 29.1. The quantitative estimate of drug-likeness (QED) is 0.355. The van der Waals surface area contributed by atoms with Gasteiger partial charge in [-0.3, -0.25) is 0 Å². The lowest BCUT2D eigenvalue weighted by atomic mass is 9.73. The van der Waals surface area contributed by atoms with Crippen LogP contribution in [0.5, 0.6) is 0 Å². The maximum absolute atomic E-state index is 14.4. The summed E-state index contributed by atoms with van der Waals surface area (Å²) in [6.07, 6.45) is 16.0. The third kappa shape index (κ3) is 7.06. The van der Waals surface area contributed by atoms with Gasteiger partial charge in [0.25, 0.3) is 5.92 Å². The van der Waals surface area contributed by atoms with Gasteiger partial charge in [0, 0.05) is 12.3 Å². The average Bonchev–Trinajstić information content (AvgIpc) is 2.74. The fraction of sp³-hybridized carbons (Fsp3) is 0.786. The molecule has 0 amide bonds. The van der Waals surface area contributed by atoms with Crippen LogP contribution in [0, 0.1) is 23.7 Å². The first-order chi connectivity index (χ1) is 14.5. The van der Waals surface area contributed by atoms with Crippen molar-refractivity contribution in [1.82, 2.24) is 0 Å². The van der Waals surface area contributed by atoms with Gasteiger partial charge >= 0.3 is 0 Å². The molecule has 2 atom stereocenters. The Morgan fingerprint density at radius 3 is 1.77 bits per heavy atom. The first-order valence-corrected chi connectivity index (χ1v) is 13.0. The molecule has 3 rings (SSSR count). The molecule has 0 spiro atoms. The summed E-state index contributed by atoms with van der Waals surface area (Å²) in [5.74, 6) is -0.841. The largest absolute Gasteiger partial charge is 0.251 e. The van der Waals surface area contributed by atoms with E-state index in [4.69, 9.17) is 0 Å². The smallest absolute Gasteiger partial charge is 0.207 e. The molecule has 2 unspecified atom stereocenters. The van der Waals surface area contributed by atoms with Gasteiger partial charge in [-0.2, -0.15) is 0 Å². The molecule has 2 aliphatic carbocycles. The first-order valence-electron chi connectivity index (χ1n) is 13.0. The molecule has 0 bridgehead atoms. The third-order valence-electron chi connectivity index (χ3n) is 8.07. The molecule has 1 aromatic carbocycles. The molecule has 170 valence electrons. The van der Waals surface area contributed by atoms with Crippen LogP contribution in [0.1, 0.15) is 108 Å². The molecule has 0 aromatic heterocycles. The molecular formula is C28H44F2. The molecule has 2 aliphatic rings. The summed E-state index contributed by atoms with van der Waals surface area (Å²) in [5.41, 5.74) is 2.94. The Morgan fingerprint density at radius 2 is 1.20 bits per heavy atom. The fourth-order valence-corrected chi connectivity index (χ4v) is 6.06. The van der Waals surface area contributed by atoms with Crippen molar-refractivity contribution in [2.45, 2.75) is 116 Å². The van der Waals surface area contributed by atoms with Crippen LogP contribution >= 0.6 is 0 Å². The van der Waals surface area contributed by atoms with Crippen molar-refractivity contribution in [3.05, 3.63) is 35.4 Å². The lowest BCUT2D eigenvalue weighted by Gasteiger charge is -2.37. The van der Waals surface area contributed by atoms with Crippen molar-refractivity contribution in [1.29, 1.82) is 0 Å². The van der Waals surface area contributed by atoms with E-state index in [9.17, 15) is 8.78 Å². The van der Waals surface area contributed by atoms with Crippen molar-refractivity contribution >= 4 is 0 Å². The predicted molar refractivity (Wildman–Crippen MR) is 124 cm³/mol. The number of benzene rings is 1. The zero-order valence-corrected chi connectivity index (χ0v) is 19.5. The van der Waals surface area contributed by atoms with Crippen LogP contribution in [-0.2, 0) is 12.8 Å². The van der Waals surface area contributed by atoms with Crippen molar-refractivity contribution in [3.63, 3.8) is 0 Å². The van der Waals surface area contributed by atoms with Gasteiger partial charge < -0.3 is 0 Å². The van der Waals surface area contributed by atoms with E-state index in [1.165, 1.54) is 68.9 Å². The maximum Gasteiger partial charge on any atom is 0.251 e. The molecule has 30 heavy (non-hydrogen) atoms. The third-order valence-corrected chi connectivity index (χ3v) is 8.07. The van der Waals surface area contributed by atoms with E-state index < -0.39 is 5.92 Å². The van der Waals surface area contributed by atoms with Crippen LogP contribution in [0.25, 0.3) is 0 Å². The minimum atomic E-state index is -2.41. The van der Waals surface area contributed by atoms with Crippen LogP contribution < -0.4 is 0 Å². The fourth-order valence-electron chi connectivity index (χ4n) is 6.06. The summed E-state index contributed by atoms with van der Waals surface area (Å²) in [7, 11) is 0. The number of halogens is 2. The van der Waals surface area contributed by atoms with E-state index in [1.807, 2.05) is 6.92 Å². The second kappa shape index (κ2) is 11.6. The molecule has 0 saturated heterocycles. The molecule has 2 saturated carbocycles. The zero-order valence-electron chi connectivity index (χ0n) is 19.5. The van der Waals surface area contributed by atoms with Crippen LogP contribution in [-0.4, -0.2) is 5.92 Å². The topological polar surface area (TPSA) is 0 Å². The van der Waals surface area contributed by atoms with E-state index in [1.54, 1.807) is 0 Å². The molecule has 1 aromatic rings. The highest BCUT2D eigenvalue weighted by molar-refractivity contribution is 5.22. The van der Waals surface area contributed by atoms with E-state index in [0.29, 0.717) is 6.42 Å². The number of alkyl halides is 2. The zero-order chi connectivity index (χ0) is 21.4. The molecule has 2 fully saturated rings. The van der Waals surface area contributed by atoms with Crippen LogP contribution in [0.4, 0.5) is 8.78 Å². The van der Waals surface area contributed by atoms with Gasteiger partial charge in [0.05, 0.1) is 0 Å². The molecule has 0 heterocycles. The van der Waals surface area contributed by atoms with Crippen molar-refractivity contribution < 1.29 is 8.78 Å². The Bertz CT molecular complexity index is 598. The highest BCUT2D eigenvalue weighted by atomic mass is 19.3. The number of aryl methyl sites for hydroxylation is 2. The average molecular weight is 419 g/mol. The Balaban J connectivity index is 1.32. The van der Waals surface area contributed by atoms with Gasteiger partial charge in [-0.25, -0.2) is 8.78 Å². The lowest BCUT2D eigenvalue weighted by Crippen LogP contribution is -2.36. The minimum Gasteiger partial charge on any atom is -0.207 e. The highest BCUT2D eigenvalue weighted by Gasteiger charge is 2.44. The van der Waals surface area contributed by atoms with Gasteiger partial charge in [-0.05, 0) is 73.8 Å². The summed E-state index contributed by atoms with van der Waals surface area (Å²) in [4.78, 5) is 0. The van der Waals surface area contributed by atoms with E-state index in [-0.39, 0.29) is 18.3 Å². The predicted octanol–water partition coefficient (Wildman–Crippen LogP) is 9.01. The molecule has 0 N–H and O–H groups in total. The van der Waals surface area contributed by atoms with E-state index >= 15 is 0 Å².